The Kier molecular flexibility index (Phi) is 6.37. The number of fused-ring (bicyclic) bond motifs is 6. The van der Waals surface area contributed by atoms with Gasteiger partial charge in [-0.2, -0.15) is 0 Å². The Balaban J connectivity index is 1.38. The Labute approximate surface area is 259 Å². The maximum absolute atomic E-state index is 7.22. The molecule has 0 saturated heterocycles. The molecule has 0 heterocycles. The molecule has 44 heavy (non-hydrogen) atoms. The molecule has 0 spiro atoms. The number of aryl methyl sites for hydroxylation is 2. The summed E-state index contributed by atoms with van der Waals surface area (Å²) in [6.45, 7) is 4.38. The minimum atomic E-state index is -0.970. The van der Waals surface area contributed by atoms with Crippen molar-refractivity contribution in [2.24, 2.45) is 0 Å². The summed E-state index contributed by atoms with van der Waals surface area (Å²) in [4.78, 5) is 14.4. The van der Waals surface area contributed by atoms with E-state index in [2.05, 4.69) is 159 Å². The van der Waals surface area contributed by atoms with E-state index in [1.165, 1.54) is 33.4 Å². The molecule has 0 atom stereocenters. The molecule has 8 rings (SSSR count). The van der Waals surface area contributed by atoms with Gasteiger partial charge in [0.1, 0.15) is 0 Å². The Bertz CT molecular complexity index is 1750. The van der Waals surface area contributed by atoms with Crippen LogP contribution in [-0.2, 0) is 33.8 Å². The smallest absolute Gasteiger partial charge is 0.180 e. The summed E-state index contributed by atoms with van der Waals surface area (Å²) >= 11 is 0. The lowest BCUT2D eigenvalue weighted by atomic mass is 9.83. The van der Waals surface area contributed by atoms with Crippen LogP contribution < -0.4 is 0 Å². The van der Waals surface area contributed by atoms with E-state index in [-0.39, 0.29) is 0 Å². The fraction of sp³-hybridized carbons (Fsp3) is 0.143. The molecule has 0 aliphatic heterocycles. The van der Waals surface area contributed by atoms with Gasteiger partial charge in [0.15, 0.2) is 11.2 Å². The van der Waals surface area contributed by atoms with Crippen molar-refractivity contribution in [2.75, 3.05) is 0 Å². The Morgan fingerprint density at radius 2 is 0.636 bits per heavy atom. The van der Waals surface area contributed by atoms with Crippen molar-refractivity contribution in [3.63, 3.8) is 0 Å². The van der Waals surface area contributed by atoms with Crippen molar-refractivity contribution < 1.29 is 9.78 Å². The molecule has 2 nitrogen and oxygen atoms in total. The molecule has 2 aliphatic carbocycles. The average Bonchev–Trinajstić information content (AvgIpc) is 3.56. The van der Waals surface area contributed by atoms with E-state index < -0.39 is 11.2 Å². The molecule has 6 aromatic carbocycles. The predicted octanol–water partition coefficient (Wildman–Crippen LogP) is 10.0. The third-order valence-electron chi connectivity index (χ3n) is 9.63. The molecule has 0 bridgehead atoms. The minimum absolute atomic E-state index is 0.970. The van der Waals surface area contributed by atoms with Crippen LogP contribution in [0.15, 0.2) is 146 Å². The summed E-state index contributed by atoms with van der Waals surface area (Å²) in [5.41, 5.74) is 11.7. The SMILES string of the molecule is CCc1ccc(C2(OOC3(c4ccc(CC)cc4)c4ccccc4-c4ccccc43)c3ccccc3-c3ccccc32)cc1. The summed E-state index contributed by atoms with van der Waals surface area (Å²) in [6.07, 6.45) is 1.95. The van der Waals surface area contributed by atoms with Gasteiger partial charge in [0.25, 0.3) is 0 Å². The fourth-order valence-electron chi connectivity index (χ4n) is 7.36. The highest BCUT2D eigenvalue weighted by molar-refractivity contribution is 5.83. The number of hydrogen-bond donors (Lipinski definition) is 0. The topological polar surface area (TPSA) is 18.5 Å². The molecule has 0 aromatic heterocycles. The monoisotopic (exact) mass is 570 g/mol. The number of rotatable bonds is 7. The first-order chi connectivity index (χ1) is 21.7. The van der Waals surface area contributed by atoms with Gasteiger partial charge < -0.3 is 0 Å². The van der Waals surface area contributed by atoms with Gasteiger partial charge in [-0.15, -0.1) is 0 Å². The van der Waals surface area contributed by atoms with Gasteiger partial charge in [0.2, 0.25) is 0 Å². The number of benzene rings is 6. The van der Waals surface area contributed by atoms with E-state index in [0.717, 1.165) is 46.2 Å². The van der Waals surface area contributed by atoms with Gasteiger partial charge in [0.05, 0.1) is 0 Å². The molecule has 2 aliphatic rings. The molecule has 0 amide bonds. The van der Waals surface area contributed by atoms with Crippen LogP contribution in [0.5, 0.6) is 0 Å². The molecule has 0 unspecified atom stereocenters. The van der Waals surface area contributed by atoms with Crippen LogP contribution in [-0.4, -0.2) is 0 Å². The molecule has 0 radical (unpaired) electrons. The van der Waals surface area contributed by atoms with Crippen molar-refractivity contribution in [3.8, 4) is 22.3 Å². The van der Waals surface area contributed by atoms with Gasteiger partial charge in [-0.25, -0.2) is 9.78 Å². The first-order valence-electron chi connectivity index (χ1n) is 15.6. The van der Waals surface area contributed by atoms with Crippen molar-refractivity contribution in [1.82, 2.24) is 0 Å². The quantitative estimate of drug-likeness (QED) is 0.140. The van der Waals surface area contributed by atoms with E-state index in [4.69, 9.17) is 9.78 Å². The summed E-state index contributed by atoms with van der Waals surface area (Å²) in [5.74, 6) is 0. The van der Waals surface area contributed by atoms with Gasteiger partial charge >= 0.3 is 0 Å². The third kappa shape index (κ3) is 3.75. The summed E-state index contributed by atoms with van der Waals surface area (Å²) in [5, 5.41) is 0. The maximum atomic E-state index is 7.22. The largest absolute Gasteiger partial charge is 0.214 e. The maximum Gasteiger partial charge on any atom is 0.180 e. The van der Waals surface area contributed by atoms with Gasteiger partial charge in [-0.05, 0) is 57.3 Å². The van der Waals surface area contributed by atoms with E-state index in [1.807, 2.05) is 0 Å². The van der Waals surface area contributed by atoms with E-state index in [0.29, 0.717) is 0 Å². The first kappa shape index (κ1) is 26.8. The molecule has 0 fully saturated rings. The van der Waals surface area contributed by atoms with Crippen LogP contribution in [0.3, 0.4) is 0 Å². The van der Waals surface area contributed by atoms with Crippen molar-refractivity contribution >= 4 is 0 Å². The Morgan fingerprint density at radius 1 is 0.364 bits per heavy atom. The fourth-order valence-corrected chi connectivity index (χ4v) is 7.36. The zero-order valence-corrected chi connectivity index (χ0v) is 25.1. The second kappa shape index (κ2) is 10.4. The lowest BCUT2D eigenvalue weighted by Crippen LogP contribution is -2.38. The van der Waals surface area contributed by atoms with Crippen LogP contribution in [0.2, 0.25) is 0 Å². The first-order valence-corrected chi connectivity index (χ1v) is 15.6. The van der Waals surface area contributed by atoms with Crippen molar-refractivity contribution in [2.45, 2.75) is 37.9 Å². The van der Waals surface area contributed by atoms with Crippen LogP contribution in [0.4, 0.5) is 0 Å². The molecular weight excluding hydrogens is 536 g/mol. The van der Waals surface area contributed by atoms with E-state index >= 15 is 0 Å². The second-order valence-corrected chi connectivity index (χ2v) is 11.8. The lowest BCUT2D eigenvalue weighted by Gasteiger charge is -2.38. The zero-order valence-electron chi connectivity index (χ0n) is 25.1. The van der Waals surface area contributed by atoms with Crippen LogP contribution in [0, 0.1) is 0 Å². The summed E-state index contributed by atoms with van der Waals surface area (Å²) in [7, 11) is 0. The van der Waals surface area contributed by atoms with Crippen molar-refractivity contribution in [3.05, 3.63) is 190 Å². The predicted molar refractivity (Wildman–Crippen MR) is 177 cm³/mol. The molecule has 214 valence electrons. The highest BCUT2D eigenvalue weighted by Crippen LogP contribution is 2.58. The Morgan fingerprint density at radius 3 is 0.909 bits per heavy atom. The molecule has 0 saturated carbocycles. The van der Waals surface area contributed by atoms with Crippen LogP contribution in [0.1, 0.15) is 58.4 Å². The third-order valence-corrected chi connectivity index (χ3v) is 9.63. The van der Waals surface area contributed by atoms with Crippen molar-refractivity contribution in [1.29, 1.82) is 0 Å². The summed E-state index contributed by atoms with van der Waals surface area (Å²) in [6, 6.07) is 52.0. The molecule has 0 N–H and O–H groups in total. The summed E-state index contributed by atoms with van der Waals surface area (Å²) < 4.78 is 0. The zero-order chi connectivity index (χ0) is 29.7. The number of hydrogen-bond acceptors (Lipinski definition) is 2. The van der Waals surface area contributed by atoms with E-state index in [1.54, 1.807) is 0 Å². The Hall–Kier alpha value is -4.76. The van der Waals surface area contributed by atoms with Crippen LogP contribution in [0.25, 0.3) is 22.3 Å². The highest BCUT2D eigenvalue weighted by atomic mass is 17.2. The second-order valence-electron chi connectivity index (χ2n) is 11.8. The van der Waals surface area contributed by atoms with Gasteiger partial charge in [-0.1, -0.05) is 159 Å². The van der Waals surface area contributed by atoms with E-state index in [9.17, 15) is 0 Å². The minimum Gasteiger partial charge on any atom is -0.214 e. The standard InChI is InChI=1S/C42H34O2/c1-3-29-21-25-31(26-22-29)41(37-17-9-5-13-33(37)34-14-6-10-18-38(34)41)43-44-42(32-27-23-30(4-2)24-28-32)39-19-11-7-15-35(39)36-16-8-12-20-40(36)42/h5-28H,3-4H2,1-2H3. The lowest BCUT2D eigenvalue weighted by molar-refractivity contribution is -0.386. The highest BCUT2D eigenvalue weighted by Gasteiger charge is 2.52. The molecule has 6 aromatic rings. The molecular formula is C42H34O2. The molecule has 2 heteroatoms. The van der Waals surface area contributed by atoms with Crippen LogP contribution >= 0.6 is 0 Å². The van der Waals surface area contributed by atoms with Gasteiger partial charge in [0, 0.05) is 22.3 Å². The van der Waals surface area contributed by atoms with Gasteiger partial charge in [-0.3, -0.25) is 0 Å². The normalized spacial score (nSPS) is 14.9. The average molecular weight is 571 g/mol.